The predicted octanol–water partition coefficient (Wildman–Crippen LogP) is 13.1. The van der Waals surface area contributed by atoms with Crippen LogP contribution in [0.2, 0.25) is 0 Å². The molecular weight excluding hydrogens is 648 g/mol. The molecule has 0 saturated heterocycles. The van der Waals surface area contributed by atoms with Crippen molar-refractivity contribution in [2.45, 2.75) is 187 Å². The summed E-state index contributed by atoms with van der Waals surface area (Å²) in [6.45, 7) is 6.23. The van der Waals surface area contributed by atoms with E-state index in [0.29, 0.717) is 12.8 Å². The average molecular weight is 725 g/mol. The van der Waals surface area contributed by atoms with E-state index in [1.165, 1.54) is 70.6 Å². The SMILES string of the molecule is CC/C=C\C/C=C\C/C=C\CCCC(=O)OC(COC(=O)C/C=C\C/C=C\C/C=C\CC)COC(=O)CCCCCCCCCCCCCCCC. The molecule has 6 nitrogen and oxygen atoms in total. The van der Waals surface area contributed by atoms with E-state index in [4.69, 9.17) is 14.2 Å². The smallest absolute Gasteiger partial charge is 0.309 e. The average Bonchev–Trinajstić information content (AvgIpc) is 3.14. The molecule has 0 N–H and O–H groups in total. The number of esters is 3. The predicted molar refractivity (Wildman–Crippen MR) is 219 cm³/mol. The molecule has 0 fully saturated rings. The quantitative estimate of drug-likeness (QED) is 0.0277. The van der Waals surface area contributed by atoms with Gasteiger partial charge in [-0.2, -0.15) is 0 Å². The molecule has 0 amide bonds. The Hall–Kier alpha value is -3.15. The van der Waals surface area contributed by atoms with Crippen LogP contribution >= 0.6 is 0 Å². The van der Waals surface area contributed by atoms with Crippen molar-refractivity contribution in [2.24, 2.45) is 0 Å². The van der Waals surface area contributed by atoms with Crippen molar-refractivity contribution in [3.8, 4) is 0 Å². The van der Waals surface area contributed by atoms with Crippen LogP contribution in [0.4, 0.5) is 0 Å². The topological polar surface area (TPSA) is 78.9 Å². The highest BCUT2D eigenvalue weighted by Crippen LogP contribution is 2.14. The summed E-state index contributed by atoms with van der Waals surface area (Å²) in [4.78, 5) is 37.4. The fourth-order valence-electron chi connectivity index (χ4n) is 5.41. The minimum absolute atomic E-state index is 0.122. The Kier molecular flexibility index (Phi) is 38.2. The highest BCUT2D eigenvalue weighted by atomic mass is 16.6. The van der Waals surface area contributed by atoms with E-state index < -0.39 is 12.1 Å². The van der Waals surface area contributed by atoms with Crippen molar-refractivity contribution < 1.29 is 28.6 Å². The third kappa shape index (κ3) is 38.1. The monoisotopic (exact) mass is 725 g/mol. The van der Waals surface area contributed by atoms with Gasteiger partial charge >= 0.3 is 17.9 Å². The Morgan fingerprint density at radius 2 is 0.827 bits per heavy atom. The lowest BCUT2D eigenvalue weighted by Crippen LogP contribution is -2.30. The number of rotatable bonds is 36. The Balaban J connectivity index is 4.48. The van der Waals surface area contributed by atoms with Crippen molar-refractivity contribution >= 4 is 17.9 Å². The number of unbranched alkanes of at least 4 members (excludes halogenated alkanes) is 14. The summed E-state index contributed by atoms with van der Waals surface area (Å²) >= 11 is 0. The Morgan fingerprint density at radius 3 is 1.33 bits per heavy atom. The van der Waals surface area contributed by atoms with Crippen molar-refractivity contribution in [3.05, 3.63) is 72.9 Å². The maximum absolute atomic E-state index is 12.6. The molecule has 0 aliphatic carbocycles. The van der Waals surface area contributed by atoms with E-state index in [1.807, 2.05) is 6.08 Å². The standard InChI is InChI=1S/C46H76O6/c1-4-7-10-13-16-19-21-22-23-25-27-30-33-36-39-45(48)51-42-43(41-50-44(47)38-35-32-29-26-18-15-12-9-6-3)52-46(49)40-37-34-31-28-24-20-17-14-11-8-5-2/h8-9,11-12,17-18,20,26,28,31-32,35,43H,4-7,10,13-16,19,21-25,27,29-30,33-34,36-42H2,1-3H3/b11-8-,12-9-,20-17-,26-18-,31-28-,35-32-. The largest absolute Gasteiger partial charge is 0.462 e. The zero-order chi connectivity index (χ0) is 38.0. The minimum Gasteiger partial charge on any atom is -0.462 e. The maximum Gasteiger partial charge on any atom is 0.309 e. The number of ether oxygens (including phenoxy) is 3. The van der Waals surface area contributed by atoms with E-state index in [1.54, 1.807) is 6.08 Å². The number of allylic oxidation sites excluding steroid dienone is 11. The first kappa shape index (κ1) is 48.9. The molecule has 1 atom stereocenters. The maximum atomic E-state index is 12.6. The molecule has 0 heterocycles. The summed E-state index contributed by atoms with van der Waals surface area (Å²) in [5.74, 6) is -1.12. The fraction of sp³-hybridized carbons (Fsp3) is 0.674. The van der Waals surface area contributed by atoms with Gasteiger partial charge in [0, 0.05) is 12.8 Å². The van der Waals surface area contributed by atoms with E-state index >= 15 is 0 Å². The summed E-state index contributed by atoms with van der Waals surface area (Å²) in [5, 5.41) is 0. The van der Waals surface area contributed by atoms with Gasteiger partial charge in [0.25, 0.3) is 0 Å². The van der Waals surface area contributed by atoms with Gasteiger partial charge in [-0.25, -0.2) is 0 Å². The molecule has 0 aromatic heterocycles. The zero-order valence-electron chi connectivity index (χ0n) is 33.5. The molecule has 0 radical (unpaired) electrons. The molecule has 0 spiro atoms. The third-order valence-electron chi connectivity index (χ3n) is 8.49. The normalized spacial score (nSPS) is 12.8. The van der Waals surface area contributed by atoms with Gasteiger partial charge in [0.15, 0.2) is 6.10 Å². The van der Waals surface area contributed by atoms with Crippen LogP contribution in [0.15, 0.2) is 72.9 Å². The van der Waals surface area contributed by atoms with Gasteiger partial charge in [0.05, 0.1) is 6.42 Å². The van der Waals surface area contributed by atoms with Crippen molar-refractivity contribution in [3.63, 3.8) is 0 Å². The molecule has 296 valence electrons. The highest BCUT2D eigenvalue weighted by molar-refractivity contribution is 5.72. The number of hydrogen-bond donors (Lipinski definition) is 0. The van der Waals surface area contributed by atoms with Crippen molar-refractivity contribution in [2.75, 3.05) is 13.2 Å². The van der Waals surface area contributed by atoms with Gasteiger partial charge < -0.3 is 14.2 Å². The molecule has 0 aliphatic heterocycles. The van der Waals surface area contributed by atoms with Gasteiger partial charge in [0.2, 0.25) is 0 Å². The Labute approximate surface area is 319 Å². The summed E-state index contributed by atoms with van der Waals surface area (Å²) in [6, 6.07) is 0. The van der Waals surface area contributed by atoms with Gasteiger partial charge in [-0.1, -0.05) is 177 Å². The molecule has 0 aromatic rings. The molecular formula is C46H76O6. The second-order valence-corrected chi connectivity index (χ2v) is 13.5. The van der Waals surface area contributed by atoms with E-state index in [0.717, 1.165) is 64.2 Å². The summed E-state index contributed by atoms with van der Waals surface area (Å²) < 4.78 is 16.5. The van der Waals surface area contributed by atoms with Crippen molar-refractivity contribution in [1.29, 1.82) is 0 Å². The van der Waals surface area contributed by atoms with Gasteiger partial charge in [-0.15, -0.1) is 0 Å². The Bertz CT molecular complexity index is 1020. The van der Waals surface area contributed by atoms with Crippen LogP contribution in [0.3, 0.4) is 0 Å². The van der Waals surface area contributed by atoms with Crippen molar-refractivity contribution in [1.82, 2.24) is 0 Å². The highest BCUT2D eigenvalue weighted by Gasteiger charge is 2.19. The van der Waals surface area contributed by atoms with Gasteiger partial charge in [-0.05, 0) is 57.8 Å². The molecule has 0 rings (SSSR count). The first-order chi connectivity index (χ1) is 25.5. The summed E-state index contributed by atoms with van der Waals surface area (Å²) in [7, 11) is 0. The second kappa shape index (κ2) is 40.6. The lowest BCUT2D eigenvalue weighted by Gasteiger charge is -2.18. The van der Waals surface area contributed by atoms with E-state index in [9.17, 15) is 14.4 Å². The third-order valence-corrected chi connectivity index (χ3v) is 8.49. The zero-order valence-corrected chi connectivity index (χ0v) is 33.5. The molecule has 1 unspecified atom stereocenters. The molecule has 0 bridgehead atoms. The van der Waals surface area contributed by atoms with Gasteiger partial charge in [-0.3, -0.25) is 14.4 Å². The summed E-state index contributed by atoms with van der Waals surface area (Å²) in [5.41, 5.74) is 0. The van der Waals surface area contributed by atoms with Crippen LogP contribution in [-0.2, 0) is 28.6 Å². The first-order valence-electron chi connectivity index (χ1n) is 20.9. The lowest BCUT2D eigenvalue weighted by atomic mass is 10.0. The van der Waals surface area contributed by atoms with Crippen LogP contribution < -0.4 is 0 Å². The number of carbonyl (C=O) groups is 3. The van der Waals surface area contributed by atoms with Crippen LogP contribution in [0.1, 0.15) is 181 Å². The second-order valence-electron chi connectivity index (χ2n) is 13.5. The molecule has 6 heteroatoms. The van der Waals surface area contributed by atoms with E-state index in [-0.39, 0.29) is 38.0 Å². The molecule has 0 aromatic carbocycles. The van der Waals surface area contributed by atoms with Crippen LogP contribution in [-0.4, -0.2) is 37.2 Å². The fourth-order valence-corrected chi connectivity index (χ4v) is 5.41. The van der Waals surface area contributed by atoms with Crippen LogP contribution in [0.5, 0.6) is 0 Å². The van der Waals surface area contributed by atoms with Crippen LogP contribution in [0.25, 0.3) is 0 Å². The van der Waals surface area contributed by atoms with E-state index in [2.05, 4.69) is 81.5 Å². The Morgan fingerprint density at radius 1 is 0.423 bits per heavy atom. The number of hydrogen-bond acceptors (Lipinski definition) is 6. The summed E-state index contributed by atoms with van der Waals surface area (Å²) in [6.07, 6.45) is 49.3. The first-order valence-corrected chi connectivity index (χ1v) is 20.9. The molecule has 0 saturated carbocycles. The lowest BCUT2D eigenvalue weighted by molar-refractivity contribution is -0.166. The van der Waals surface area contributed by atoms with Gasteiger partial charge in [0.1, 0.15) is 13.2 Å². The number of carbonyl (C=O) groups excluding carboxylic acids is 3. The molecule has 0 aliphatic rings. The molecule has 52 heavy (non-hydrogen) atoms. The minimum atomic E-state index is -0.831. The van der Waals surface area contributed by atoms with Crippen LogP contribution in [0, 0.1) is 0 Å².